The molecule has 0 aromatic heterocycles. The van der Waals surface area contributed by atoms with E-state index in [2.05, 4.69) is 43.0 Å². The number of nitrogens with zero attached hydrogens (tertiary/aromatic N) is 2. The standard InChI is InChI=1S/C31H62N2/c1-4-7-10-13-14-15-16-17-18-19-20-21-22-23-26-31-32(27-24-11-8-5-2)29-30-33(31)28-25-12-9-6-3/h29-31H,4-28H2,1-3H3. The second-order valence-electron chi connectivity index (χ2n) is 10.8. The lowest BCUT2D eigenvalue weighted by molar-refractivity contribution is 0.135. The van der Waals surface area contributed by atoms with Gasteiger partial charge in [0.25, 0.3) is 0 Å². The van der Waals surface area contributed by atoms with Crippen molar-refractivity contribution in [2.75, 3.05) is 13.1 Å². The topological polar surface area (TPSA) is 6.48 Å². The minimum absolute atomic E-state index is 0.644. The average Bonchev–Trinajstić information content (AvgIpc) is 3.21. The Bertz CT molecular complexity index is 397. The van der Waals surface area contributed by atoms with Gasteiger partial charge in [0.1, 0.15) is 6.17 Å². The van der Waals surface area contributed by atoms with Crippen LogP contribution >= 0.6 is 0 Å². The van der Waals surface area contributed by atoms with Crippen molar-refractivity contribution in [3.05, 3.63) is 12.4 Å². The van der Waals surface area contributed by atoms with Crippen LogP contribution in [0, 0.1) is 0 Å². The number of unbranched alkanes of at least 4 members (excludes halogenated alkanes) is 19. The first-order valence-corrected chi connectivity index (χ1v) is 15.5. The summed E-state index contributed by atoms with van der Waals surface area (Å²) in [5, 5.41) is 0. The Hall–Kier alpha value is -0.660. The second-order valence-corrected chi connectivity index (χ2v) is 10.8. The van der Waals surface area contributed by atoms with E-state index in [1.807, 2.05) is 0 Å². The second kappa shape index (κ2) is 23.1. The fourth-order valence-corrected chi connectivity index (χ4v) is 5.30. The average molecular weight is 463 g/mol. The normalized spacial score (nSPS) is 14.2. The first-order valence-electron chi connectivity index (χ1n) is 15.5. The minimum atomic E-state index is 0.644. The molecule has 0 spiro atoms. The maximum absolute atomic E-state index is 2.66. The zero-order chi connectivity index (χ0) is 23.8. The minimum Gasteiger partial charge on any atom is -0.356 e. The molecule has 0 atom stereocenters. The van der Waals surface area contributed by atoms with Crippen LogP contribution in [0.4, 0.5) is 0 Å². The molecule has 0 amide bonds. The van der Waals surface area contributed by atoms with Crippen LogP contribution in [-0.2, 0) is 0 Å². The quantitative estimate of drug-likeness (QED) is 0.124. The monoisotopic (exact) mass is 462 g/mol. The van der Waals surface area contributed by atoms with E-state index in [1.54, 1.807) is 0 Å². The molecule has 0 N–H and O–H groups in total. The predicted octanol–water partition coefficient (Wildman–Crippen LogP) is 10.4. The fraction of sp³-hybridized carbons (Fsp3) is 0.935. The summed E-state index contributed by atoms with van der Waals surface area (Å²) in [5.41, 5.74) is 0. The number of rotatable bonds is 25. The van der Waals surface area contributed by atoms with Crippen molar-refractivity contribution in [2.45, 2.75) is 175 Å². The molecule has 33 heavy (non-hydrogen) atoms. The molecule has 2 nitrogen and oxygen atoms in total. The lowest BCUT2D eigenvalue weighted by Crippen LogP contribution is -2.39. The highest BCUT2D eigenvalue weighted by Crippen LogP contribution is 2.23. The molecule has 0 unspecified atom stereocenters. The maximum atomic E-state index is 2.66. The van der Waals surface area contributed by atoms with Crippen molar-refractivity contribution in [2.24, 2.45) is 0 Å². The molecule has 1 rings (SSSR count). The van der Waals surface area contributed by atoms with E-state index < -0.39 is 0 Å². The lowest BCUT2D eigenvalue weighted by Gasteiger charge is -2.33. The van der Waals surface area contributed by atoms with Crippen LogP contribution in [0.1, 0.15) is 168 Å². The van der Waals surface area contributed by atoms with E-state index in [0.29, 0.717) is 6.17 Å². The van der Waals surface area contributed by atoms with Gasteiger partial charge < -0.3 is 9.80 Å². The Morgan fingerprint density at radius 3 is 1.06 bits per heavy atom. The van der Waals surface area contributed by atoms with E-state index in [4.69, 9.17) is 0 Å². The Labute approximate surface area is 210 Å². The van der Waals surface area contributed by atoms with Gasteiger partial charge in [-0.15, -0.1) is 0 Å². The molecule has 0 aromatic carbocycles. The van der Waals surface area contributed by atoms with Crippen molar-refractivity contribution in [1.82, 2.24) is 9.80 Å². The van der Waals surface area contributed by atoms with Gasteiger partial charge >= 0.3 is 0 Å². The highest BCUT2D eigenvalue weighted by atomic mass is 15.4. The molecule has 0 fully saturated rings. The molecular weight excluding hydrogens is 400 g/mol. The third-order valence-corrected chi connectivity index (χ3v) is 7.57. The van der Waals surface area contributed by atoms with Crippen LogP contribution in [0.2, 0.25) is 0 Å². The molecule has 0 saturated heterocycles. The van der Waals surface area contributed by atoms with Gasteiger partial charge in [-0.1, -0.05) is 143 Å². The molecule has 0 aromatic rings. The summed E-state index contributed by atoms with van der Waals surface area (Å²) in [6.07, 6.45) is 38.1. The zero-order valence-electron chi connectivity index (χ0n) is 23.3. The molecule has 1 aliphatic heterocycles. The summed E-state index contributed by atoms with van der Waals surface area (Å²) in [4.78, 5) is 5.33. The van der Waals surface area contributed by atoms with Crippen molar-refractivity contribution in [3.8, 4) is 0 Å². The highest BCUT2D eigenvalue weighted by molar-refractivity contribution is 4.97. The summed E-state index contributed by atoms with van der Waals surface area (Å²) >= 11 is 0. The summed E-state index contributed by atoms with van der Waals surface area (Å²) in [6, 6.07) is 0. The largest absolute Gasteiger partial charge is 0.356 e. The smallest absolute Gasteiger partial charge is 0.101 e. The summed E-state index contributed by atoms with van der Waals surface area (Å²) in [7, 11) is 0. The van der Waals surface area contributed by atoms with E-state index in [-0.39, 0.29) is 0 Å². The predicted molar refractivity (Wildman–Crippen MR) is 150 cm³/mol. The van der Waals surface area contributed by atoms with Crippen molar-refractivity contribution >= 4 is 0 Å². The van der Waals surface area contributed by atoms with Crippen LogP contribution in [0.25, 0.3) is 0 Å². The van der Waals surface area contributed by atoms with Crippen LogP contribution in [0.15, 0.2) is 12.4 Å². The molecule has 0 saturated carbocycles. The zero-order valence-corrected chi connectivity index (χ0v) is 23.3. The molecule has 1 heterocycles. The number of hydrogen-bond donors (Lipinski definition) is 0. The Kier molecular flexibility index (Phi) is 21.3. The van der Waals surface area contributed by atoms with E-state index >= 15 is 0 Å². The van der Waals surface area contributed by atoms with Gasteiger partial charge in [0.05, 0.1) is 0 Å². The molecule has 0 radical (unpaired) electrons. The van der Waals surface area contributed by atoms with Gasteiger partial charge in [0, 0.05) is 25.5 Å². The molecule has 196 valence electrons. The molecule has 1 aliphatic rings. The maximum Gasteiger partial charge on any atom is 0.101 e. The van der Waals surface area contributed by atoms with Crippen molar-refractivity contribution < 1.29 is 0 Å². The molecule has 0 bridgehead atoms. The number of hydrogen-bond acceptors (Lipinski definition) is 2. The van der Waals surface area contributed by atoms with Crippen molar-refractivity contribution in [1.29, 1.82) is 0 Å². The van der Waals surface area contributed by atoms with Crippen LogP contribution in [-0.4, -0.2) is 29.1 Å². The first kappa shape index (κ1) is 30.4. The Morgan fingerprint density at radius 2 is 0.697 bits per heavy atom. The Balaban J connectivity index is 2.10. The summed E-state index contributed by atoms with van der Waals surface area (Å²) < 4.78 is 0. The summed E-state index contributed by atoms with van der Waals surface area (Å²) in [6.45, 7) is 9.44. The van der Waals surface area contributed by atoms with Crippen LogP contribution in [0.3, 0.4) is 0 Å². The lowest BCUT2D eigenvalue weighted by atomic mass is 10.0. The van der Waals surface area contributed by atoms with E-state index in [1.165, 1.54) is 161 Å². The molecule has 2 heteroatoms. The summed E-state index contributed by atoms with van der Waals surface area (Å²) in [5.74, 6) is 0. The van der Waals surface area contributed by atoms with Gasteiger partial charge in [0.2, 0.25) is 0 Å². The van der Waals surface area contributed by atoms with Gasteiger partial charge in [-0.05, 0) is 25.7 Å². The van der Waals surface area contributed by atoms with Crippen LogP contribution < -0.4 is 0 Å². The van der Waals surface area contributed by atoms with E-state index in [0.717, 1.165) is 0 Å². The Morgan fingerprint density at radius 1 is 0.394 bits per heavy atom. The van der Waals surface area contributed by atoms with Crippen molar-refractivity contribution in [3.63, 3.8) is 0 Å². The van der Waals surface area contributed by atoms with E-state index in [9.17, 15) is 0 Å². The van der Waals surface area contributed by atoms with Gasteiger partial charge in [-0.25, -0.2) is 0 Å². The van der Waals surface area contributed by atoms with Gasteiger partial charge in [-0.3, -0.25) is 0 Å². The van der Waals surface area contributed by atoms with Gasteiger partial charge in [0.15, 0.2) is 0 Å². The highest BCUT2D eigenvalue weighted by Gasteiger charge is 2.24. The molecular formula is C31H62N2. The van der Waals surface area contributed by atoms with Gasteiger partial charge in [-0.2, -0.15) is 0 Å². The van der Waals surface area contributed by atoms with Crippen LogP contribution in [0.5, 0.6) is 0 Å². The first-order chi connectivity index (χ1) is 16.3. The third-order valence-electron chi connectivity index (χ3n) is 7.57. The molecule has 0 aliphatic carbocycles. The SMILES string of the molecule is CCCCCCCCCCCCCCCCC1N(CCCCCC)C=CN1CCCCCC. The fourth-order valence-electron chi connectivity index (χ4n) is 5.30. The third kappa shape index (κ3) is 16.6.